The Morgan fingerprint density at radius 3 is 2.55 bits per heavy atom. The number of ether oxygens (including phenoxy) is 1. The molecule has 0 atom stereocenters. The Kier molecular flexibility index (Phi) is 3.49. The Balaban J connectivity index is 1.82. The highest BCUT2D eigenvalue weighted by atomic mass is 16.5. The van der Waals surface area contributed by atoms with Crippen LogP contribution < -0.4 is 16.2 Å². The van der Waals surface area contributed by atoms with Crippen LogP contribution in [0.5, 0.6) is 5.75 Å². The molecule has 3 rings (SSSR count). The average Bonchev–Trinajstić information content (AvgIpc) is 2.97. The van der Waals surface area contributed by atoms with Crippen LogP contribution in [0.4, 0.5) is 5.69 Å². The number of nitrogens with two attached hydrogens (primary N) is 2. The molecule has 22 heavy (non-hydrogen) atoms. The second-order valence-corrected chi connectivity index (χ2v) is 4.67. The number of H-pyrrole nitrogens is 1. The molecule has 6 nitrogen and oxygen atoms in total. The van der Waals surface area contributed by atoms with Gasteiger partial charge in [0.1, 0.15) is 5.75 Å². The number of hydrogen-bond donors (Lipinski definition) is 3. The molecule has 5 N–H and O–H groups in total. The van der Waals surface area contributed by atoms with Gasteiger partial charge in [0.15, 0.2) is 5.96 Å². The molecule has 2 aromatic carbocycles. The zero-order chi connectivity index (χ0) is 15.5. The van der Waals surface area contributed by atoms with Gasteiger partial charge in [0.05, 0.1) is 11.3 Å². The minimum Gasteiger partial charge on any atom is -0.422 e. The summed E-state index contributed by atoms with van der Waals surface area (Å²) in [5, 5.41) is 0.855. The highest BCUT2D eigenvalue weighted by Gasteiger charge is 2.11. The third kappa shape index (κ3) is 2.76. The molecule has 0 saturated heterocycles. The molecule has 0 unspecified atom stereocenters. The fourth-order valence-electron chi connectivity index (χ4n) is 2.13. The van der Waals surface area contributed by atoms with Crippen LogP contribution in [-0.4, -0.2) is 16.9 Å². The Morgan fingerprint density at radius 2 is 1.82 bits per heavy atom. The number of carbonyl (C=O) groups is 1. The molecule has 0 saturated carbocycles. The number of fused-ring (bicyclic) bond motifs is 1. The Hall–Kier alpha value is -3.28. The van der Waals surface area contributed by atoms with Gasteiger partial charge in [-0.05, 0) is 42.5 Å². The van der Waals surface area contributed by atoms with Crippen molar-refractivity contribution in [1.82, 2.24) is 4.98 Å². The van der Waals surface area contributed by atoms with Crippen molar-refractivity contribution in [3.05, 3.63) is 60.3 Å². The Bertz CT molecular complexity index is 846. The maximum Gasteiger partial charge on any atom is 0.343 e. The summed E-state index contributed by atoms with van der Waals surface area (Å²) < 4.78 is 5.45. The molecule has 0 aliphatic carbocycles. The van der Waals surface area contributed by atoms with E-state index in [0.29, 0.717) is 17.0 Å². The van der Waals surface area contributed by atoms with Crippen molar-refractivity contribution >= 4 is 28.5 Å². The van der Waals surface area contributed by atoms with E-state index in [1.54, 1.807) is 36.5 Å². The minimum atomic E-state index is -0.440. The van der Waals surface area contributed by atoms with E-state index in [9.17, 15) is 4.79 Å². The summed E-state index contributed by atoms with van der Waals surface area (Å²) in [7, 11) is 0. The number of benzene rings is 2. The number of aromatic nitrogens is 1. The molecule has 0 amide bonds. The number of guanidine groups is 1. The van der Waals surface area contributed by atoms with Crippen LogP contribution in [0.3, 0.4) is 0 Å². The average molecular weight is 294 g/mol. The van der Waals surface area contributed by atoms with Crippen molar-refractivity contribution in [2.45, 2.75) is 0 Å². The summed E-state index contributed by atoms with van der Waals surface area (Å²) in [6.45, 7) is 0. The molecule has 0 fully saturated rings. The van der Waals surface area contributed by atoms with Gasteiger partial charge >= 0.3 is 5.97 Å². The molecule has 6 heteroatoms. The molecule has 3 aromatic rings. The van der Waals surface area contributed by atoms with Gasteiger partial charge < -0.3 is 21.2 Å². The van der Waals surface area contributed by atoms with E-state index in [1.807, 2.05) is 18.2 Å². The van der Waals surface area contributed by atoms with Crippen LogP contribution in [0, 0.1) is 0 Å². The van der Waals surface area contributed by atoms with Crippen molar-refractivity contribution in [3.63, 3.8) is 0 Å². The zero-order valence-corrected chi connectivity index (χ0v) is 11.6. The number of nitrogens with zero attached hydrogens (tertiary/aromatic N) is 1. The van der Waals surface area contributed by atoms with Crippen LogP contribution in [0.15, 0.2) is 59.7 Å². The SMILES string of the molecule is NC(N)=Nc1ccc(C(=O)Oc2cccc3[nH]ccc23)cc1. The molecule has 110 valence electrons. The summed E-state index contributed by atoms with van der Waals surface area (Å²) in [5.41, 5.74) is 12.5. The van der Waals surface area contributed by atoms with Gasteiger partial charge in [-0.25, -0.2) is 9.79 Å². The number of aliphatic imine (C=N–C) groups is 1. The van der Waals surface area contributed by atoms with Gasteiger partial charge in [0.25, 0.3) is 0 Å². The van der Waals surface area contributed by atoms with E-state index in [4.69, 9.17) is 16.2 Å². The summed E-state index contributed by atoms with van der Waals surface area (Å²) in [4.78, 5) is 19.2. The number of nitrogens with one attached hydrogen (secondary N) is 1. The zero-order valence-electron chi connectivity index (χ0n) is 11.6. The fourth-order valence-corrected chi connectivity index (χ4v) is 2.13. The molecular weight excluding hydrogens is 280 g/mol. The number of rotatable bonds is 3. The first-order valence-corrected chi connectivity index (χ1v) is 6.61. The maximum atomic E-state index is 12.2. The van der Waals surface area contributed by atoms with Crippen LogP contribution in [0.1, 0.15) is 10.4 Å². The maximum absolute atomic E-state index is 12.2. The number of aromatic amines is 1. The van der Waals surface area contributed by atoms with Crippen LogP contribution in [0.25, 0.3) is 10.9 Å². The number of hydrogen-bond acceptors (Lipinski definition) is 3. The van der Waals surface area contributed by atoms with Gasteiger partial charge in [-0.2, -0.15) is 0 Å². The Morgan fingerprint density at radius 1 is 1.05 bits per heavy atom. The first-order chi connectivity index (χ1) is 10.6. The highest BCUT2D eigenvalue weighted by Crippen LogP contribution is 2.25. The van der Waals surface area contributed by atoms with E-state index >= 15 is 0 Å². The molecule has 1 aromatic heterocycles. The third-order valence-corrected chi connectivity index (χ3v) is 3.12. The summed E-state index contributed by atoms with van der Waals surface area (Å²) in [6.07, 6.45) is 1.80. The van der Waals surface area contributed by atoms with Crippen molar-refractivity contribution in [2.24, 2.45) is 16.5 Å². The van der Waals surface area contributed by atoms with E-state index in [1.165, 1.54) is 0 Å². The molecule has 0 aliphatic rings. The lowest BCUT2D eigenvalue weighted by molar-refractivity contribution is 0.0737. The topological polar surface area (TPSA) is 106 Å². The molecule has 0 spiro atoms. The quantitative estimate of drug-likeness (QED) is 0.298. The van der Waals surface area contributed by atoms with E-state index in [0.717, 1.165) is 10.9 Å². The van der Waals surface area contributed by atoms with Gasteiger partial charge in [-0.15, -0.1) is 0 Å². The first-order valence-electron chi connectivity index (χ1n) is 6.61. The van der Waals surface area contributed by atoms with Gasteiger partial charge in [-0.1, -0.05) is 6.07 Å². The number of esters is 1. The molecular formula is C16H14N4O2. The molecule has 0 radical (unpaired) electrons. The smallest absolute Gasteiger partial charge is 0.343 e. The first kappa shape index (κ1) is 13.7. The molecule has 1 heterocycles. The summed E-state index contributed by atoms with van der Waals surface area (Å²) in [5.74, 6) is 0.0384. The predicted octanol–water partition coefficient (Wildman–Crippen LogP) is 2.29. The summed E-state index contributed by atoms with van der Waals surface area (Å²) >= 11 is 0. The number of carbonyl (C=O) groups excluding carboxylic acids is 1. The van der Waals surface area contributed by atoms with Crippen LogP contribution in [-0.2, 0) is 0 Å². The van der Waals surface area contributed by atoms with E-state index in [-0.39, 0.29) is 5.96 Å². The van der Waals surface area contributed by atoms with Crippen LogP contribution >= 0.6 is 0 Å². The second kappa shape index (κ2) is 5.61. The summed E-state index contributed by atoms with van der Waals surface area (Å²) in [6, 6.07) is 13.9. The third-order valence-electron chi connectivity index (χ3n) is 3.12. The minimum absolute atomic E-state index is 0.0329. The lowest BCUT2D eigenvalue weighted by atomic mass is 10.2. The standard InChI is InChI=1S/C16H14N4O2/c17-16(18)20-11-6-4-10(5-7-11)15(21)22-14-3-1-2-13-12(14)8-9-19-13/h1-9,19H,(H4,17,18,20). The van der Waals surface area contributed by atoms with E-state index < -0.39 is 5.97 Å². The monoisotopic (exact) mass is 294 g/mol. The van der Waals surface area contributed by atoms with Crippen molar-refractivity contribution < 1.29 is 9.53 Å². The lowest BCUT2D eigenvalue weighted by Crippen LogP contribution is -2.21. The van der Waals surface area contributed by atoms with Crippen molar-refractivity contribution in [1.29, 1.82) is 0 Å². The Labute approximate surface area is 126 Å². The fraction of sp³-hybridized carbons (Fsp3) is 0. The molecule has 0 bridgehead atoms. The predicted molar refractivity (Wildman–Crippen MR) is 85.2 cm³/mol. The van der Waals surface area contributed by atoms with Gasteiger partial charge in [0, 0.05) is 17.1 Å². The van der Waals surface area contributed by atoms with Crippen molar-refractivity contribution in [3.8, 4) is 5.75 Å². The lowest BCUT2D eigenvalue weighted by Gasteiger charge is -2.06. The van der Waals surface area contributed by atoms with Gasteiger partial charge in [0.2, 0.25) is 0 Å². The largest absolute Gasteiger partial charge is 0.422 e. The normalized spacial score (nSPS) is 10.4. The van der Waals surface area contributed by atoms with Gasteiger partial charge in [-0.3, -0.25) is 0 Å². The van der Waals surface area contributed by atoms with E-state index in [2.05, 4.69) is 9.98 Å². The van der Waals surface area contributed by atoms with Crippen molar-refractivity contribution in [2.75, 3.05) is 0 Å². The second-order valence-electron chi connectivity index (χ2n) is 4.67. The van der Waals surface area contributed by atoms with Crippen LogP contribution in [0.2, 0.25) is 0 Å². The highest BCUT2D eigenvalue weighted by molar-refractivity contribution is 5.95. The molecule has 0 aliphatic heterocycles.